The van der Waals surface area contributed by atoms with E-state index in [9.17, 15) is 4.79 Å². The largest absolute Gasteiger partial charge is 0.478 e. The maximum absolute atomic E-state index is 11.1. The number of hydrogen-bond donors (Lipinski definition) is 1. The third-order valence-electron chi connectivity index (χ3n) is 2.61. The average Bonchev–Trinajstić information content (AvgIpc) is 2.38. The van der Waals surface area contributed by atoms with Crippen molar-refractivity contribution in [2.45, 2.75) is 4.90 Å². The number of carboxylic acid groups (broad SMARTS) is 1. The average molecular weight is 323 g/mol. The third-order valence-corrected chi connectivity index (χ3v) is 3.92. The smallest absolute Gasteiger partial charge is 0.336 e. The molecule has 2 nitrogen and oxygen atoms in total. The number of benzene rings is 2. The van der Waals surface area contributed by atoms with Crippen molar-refractivity contribution in [2.75, 3.05) is 6.26 Å². The van der Waals surface area contributed by atoms with Crippen LogP contribution in [-0.2, 0) is 0 Å². The third kappa shape index (κ3) is 2.76. The molecule has 0 spiro atoms. The lowest BCUT2D eigenvalue weighted by molar-refractivity contribution is 0.0693. The molecular weight excluding hydrogens is 312 g/mol. The van der Waals surface area contributed by atoms with Gasteiger partial charge in [0.2, 0.25) is 0 Å². The molecule has 0 unspecified atom stereocenters. The zero-order chi connectivity index (χ0) is 13.1. The zero-order valence-electron chi connectivity index (χ0n) is 9.68. The highest BCUT2D eigenvalue weighted by atomic mass is 79.9. The highest BCUT2D eigenvalue weighted by Crippen LogP contribution is 2.28. The predicted molar refractivity (Wildman–Crippen MR) is 78.3 cm³/mol. The van der Waals surface area contributed by atoms with E-state index < -0.39 is 5.97 Å². The van der Waals surface area contributed by atoms with E-state index in [0.717, 1.165) is 20.5 Å². The molecule has 0 saturated heterocycles. The van der Waals surface area contributed by atoms with Crippen molar-refractivity contribution in [1.82, 2.24) is 0 Å². The Labute approximate surface area is 118 Å². The summed E-state index contributed by atoms with van der Waals surface area (Å²) in [6.07, 6.45) is 1.88. The van der Waals surface area contributed by atoms with Gasteiger partial charge in [-0.2, -0.15) is 0 Å². The van der Waals surface area contributed by atoms with Gasteiger partial charge < -0.3 is 5.11 Å². The molecule has 0 atom stereocenters. The second-order valence-corrected chi connectivity index (χ2v) is 5.49. The molecule has 4 heteroatoms. The molecule has 0 aliphatic rings. The van der Waals surface area contributed by atoms with Gasteiger partial charge >= 0.3 is 5.97 Å². The summed E-state index contributed by atoms with van der Waals surface area (Å²) in [4.78, 5) is 11.8. The first-order chi connectivity index (χ1) is 8.61. The minimum atomic E-state index is -0.887. The van der Waals surface area contributed by atoms with Crippen LogP contribution in [-0.4, -0.2) is 17.3 Å². The molecule has 0 heterocycles. The van der Waals surface area contributed by atoms with Gasteiger partial charge in [0.15, 0.2) is 0 Å². The Kier molecular flexibility index (Phi) is 4.09. The molecule has 92 valence electrons. The monoisotopic (exact) mass is 322 g/mol. The topological polar surface area (TPSA) is 37.3 Å². The minimum absolute atomic E-state index is 0.350. The summed E-state index contributed by atoms with van der Waals surface area (Å²) in [5.74, 6) is -0.887. The second kappa shape index (κ2) is 5.59. The highest BCUT2D eigenvalue weighted by molar-refractivity contribution is 9.10. The number of halogens is 1. The predicted octanol–water partition coefficient (Wildman–Crippen LogP) is 4.54. The first kappa shape index (κ1) is 13.2. The number of thioether (sulfide) groups is 1. The molecule has 2 rings (SSSR count). The van der Waals surface area contributed by atoms with Gasteiger partial charge in [0, 0.05) is 9.37 Å². The molecule has 0 amide bonds. The van der Waals surface area contributed by atoms with Gasteiger partial charge in [-0.25, -0.2) is 4.79 Å². The molecule has 0 bridgehead atoms. The molecule has 0 saturated carbocycles. The fourth-order valence-electron chi connectivity index (χ4n) is 1.69. The van der Waals surface area contributed by atoms with Gasteiger partial charge in [0.25, 0.3) is 0 Å². The van der Waals surface area contributed by atoms with Crippen LogP contribution < -0.4 is 0 Å². The Morgan fingerprint density at radius 2 is 1.72 bits per heavy atom. The van der Waals surface area contributed by atoms with E-state index in [4.69, 9.17) is 5.11 Å². The first-order valence-corrected chi connectivity index (χ1v) is 7.31. The zero-order valence-corrected chi connectivity index (χ0v) is 12.1. The Morgan fingerprint density at radius 3 is 2.28 bits per heavy atom. The lowest BCUT2D eigenvalue weighted by Crippen LogP contribution is -1.98. The number of carbonyl (C=O) groups is 1. The van der Waals surface area contributed by atoms with Crippen molar-refractivity contribution in [3.63, 3.8) is 0 Å². The summed E-state index contributed by atoms with van der Waals surface area (Å²) in [6.45, 7) is 0. The van der Waals surface area contributed by atoms with Crippen molar-refractivity contribution < 1.29 is 9.90 Å². The molecule has 0 radical (unpaired) electrons. The fraction of sp³-hybridized carbons (Fsp3) is 0.0714. The van der Waals surface area contributed by atoms with Crippen molar-refractivity contribution in [3.8, 4) is 11.1 Å². The first-order valence-electron chi connectivity index (χ1n) is 5.29. The fourth-order valence-corrected chi connectivity index (χ4v) is 2.57. The van der Waals surface area contributed by atoms with Crippen LogP contribution in [0.5, 0.6) is 0 Å². The summed E-state index contributed by atoms with van der Waals surface area (Å²) in [5.41, 5.74) is 2.45. The number of carboxylic acids is 1. The molecule has 2 aromatic carbocycles. The Balaban J connectivity index is 2.47. The van der Waals surface area contributed by atoms with E-state index in [2.05, 4.69) is 15.9 Å². The van der Waals surface area contributed by atoms with Gasteiger partial charge in [-0.05, 0) is 41.6 Å². The molecular formula is C14H11BrO2S. The quantitative estimate of drug-likeness (QED) is 0.843. The second-order valence-electron chi connectivity index (χ2n) is 3.73. The Hall–Kier alpha value is -1.26. The lowest BCUT2D eigenvalue weighted by atomic mass is 10.0. The van der Waals surface area contributed by atoms with Crippen LogP contribution in [0, 0.1) is 0 Å². The molecule has 1 N–H and O–H groups in total. The molecule has 0 aliphatic heterocycles. The van der Waals surface area contributed by atoms with Crippen molar-refractivity contribution in [1.29, 1.82) is 0 Å². The van der Waals surface area contributed by atoms with Crippen LogP contribution in [0.25, 0.3) is 11.1 Å². The normalized spacial score (nSPS) is 10.3. The molecule has 0 aliphatic carbocycles. The van der Waals surface area contributed by atoms with Crippen LogP contribution >= 0.6 is 27.7 Å². The van der Waals surface area contributed by atoms with Gasteiger partial charge in [-0.3, -0.25) is 0 Å². The number of rotatable bonds is 3. The van der Waals surface area contributed by atoms with Crippen LogP contribution in [0.4, 0.5) is 0 Å². The van der Waals surface area contributed by atoms with Crippen LogP contribution in [0.3, 0.4) is 0 Å². The van der Waals surface area contributed by atoms with Crippen LogP contribution in [0.2, 0.25) is 0 Å². The maximum Gasteiger partial charge on any atom is 0.336 e. The number of hydrogen-bond acceptors (Lipinski definition) is 2. The van der Waals surface area contributed by atoms with E-state index in [0.29, 0.717) is 5.56 Å². The Morgan fingerprint density at radius 1 is 1.11 bits per heavy atom. The maximum atomic E-state index is 11.1. The summed E-state index contributed by atoms with van der Waals surface area (Å²) >= 11 is 4.84. The number of aromatic carboxylic acids is 1. The van der Waals surface area contributed by atoms with E-state index in [-0.39, 0.29) is 0 Å². The van der Waals surface area contributed by atoms with E-state index in [1.165, 1.54) is 11.8 Å². The van der Waals surface area contributed by atoms with Crippen molar-refractivity contribution >= 4 is 33.7 Å². The van der Waals surface area contributed by atoms with E-state index in [1.807, 2.05) is 42.7 Å². The standard InChI is InChI=1S/C14H11BrO2S/c1-18-13-8-10(4-7-12(13)14(16)17)9-2-5-11(15)6-3-9/h2-8H,1H3,(H,16,17). The van der Waals surface area contributed by atoms with E-state index >= 15 is 0 Å². The Bertz CT molecular complexity index is 579. The minimum Gasteiger partial charge on any atom is -0.478 e. The van der Waals surface area contributed by atoms with Gasteiger partial charge in [-0.1, -0.05) is 34.1 Å². The lowest BCUT2D eigenvalue weighted by Gasteiger charge is -2.07. The molecule has 2 aromatic rings. The summed E-state index contributed by atoms with van der Waals surface area (Å²) in [7, 11) is 0. The van der Waals surface area contributed by atoms with Crippen LogP contribution in [0.15, 0.2) is 51.8 Å². The van der Waals surface area contributed by atoms with Crippen molar-refractivity contribution in [3.05, 3.63) is 52.5 Å². The van der Waals surface area contributed by atoms with Gasteiger partial charge in [0.05, 0.1) is 5.56 Å². The van der Waals surface area contributed by atoms with Crippen molar-refractivity contribution in [2.24, 2.45) is 0 Å². The van der Waals surface area contributed by atoms with Gasteiger partial charge in [-0.15, -0.1) is 11.8 Å². The molecule has 0 fully saturated rings. The SMILES string of the molecule is CSc1cc(-c2ccc(Br)cc2)ccc1C(=O)O. The summed E-state index contributed by atoms with van der Waals surface area (Å²) in [6, 6.07) is 13.4. The molecule has 18 heavy (non-hydrogen) atoms. The molecule has 0 aromatic heterocycles. The van der Waals surface area contributed by atoms with Crippen LogP contribution in [0.1, 0.15) is 10.4 Å². The highest BCUT2D eigenvalue weighted by Gasteiger charge is 2.10. The summed E-state index contributed by atoms with van der Waals surface area (Å²) in [5, 5.41) is 9.08. The van der Waals surface area contributed by atoms with E-state index in [1.54, 1.807) is 6.07 Å². The summed E-state index contributed by atoms with van der Waals surface area (Å²) < 4.78 is 1.03. The van der Waals surface area contributed by atoms with Gasteiger partial charge in [0.1, 0.15) is 0 Å².